The Kier molecular flexibility index (Phi) is 11.1. The number of nitrogens with zero attached hydrogens (tertiary/aromatic N) is 1. The first-order chi connectivity index (χ1) is 20.3. The number of benzene rings is 1. The highest BCUT2D eigenvalue weighted by atomic mass is 32.2. The lowest BCUT2D eigenvalue weighted by Crippen LogP contribution is -2.46. The van der Waals surface area contributed by atoms with E-state index in [1.54, 1.807) is 26.0 Å². The van der Waals surface area contributed by atoms with Crippen LogP contribution in [-0.4, -0.2) is 93.9 Å². The van der Waals surface area contributed by atoms with Gasteiger partial charge < -0.3 is 14.8 Å². The molecule has 4 rings (SSSR count). The third-order valence-electron chi connectivity index (χ3n) is 8.54. The standard InChI is InChI=1S/C32H44N2O8S/c1-22(16-26(35)20-34-12-14-41-15-13-34)31(38)33-28(18-24-8-10-27(11-9-24)43(3,39)40)29(36)19-25(17-23-6-4-5-7-23)30(37)32(2)21-42-32/h6,8-11,22,25,28H,4-5,7,12-21H2,1-3H3,(H,33,38). The van der Waals surface area contributed by atoms with Crippen LogP contribution in [0.15, 0.2) is 40.8 Å². The molecule has 236 valence electrons. The van der Waals surface area contributed by atoms with E-state index in [-0.39, 0.29) is 48.1 Å². The summed E-state index contributed by atoms with van der Waals surface area (Å²) in [5.74, 6) is -2.08. The summed E-state index contributed by atoms with van der Waals surface area (Å²) in [7, 11) is -3.40. The molecule has 43 heavy (non-hydrogen) atoms. The van der Waals surface area contributed by atoms with E-state index in [4.69, 9.17) is 9.47 Å². The fourth-order valence-electron chi connectivity index (χ4n) is 5.74. The Hall–Kier alpha value is -2.73. The Labute approximate surface area is 254 Å². The Bertz CT molecular complexity index is 1330. The van der Waals surface area contributed by atoms with Gasteiger partial charge in [0.25, 0.3) is 0 Å². The fraction of sp³-hybridized carbons (Fsp3) is 0.625. The van der Waals surface area contributed by atoms with Crippen LogP contribution in [0.4, 0.5) is 0 Å². The van der Waals surface area contributed by atoms with Gasteiger partial charge in [-0.25, -0.2) is 8.42 Å². The smallest absolute Gasteiger partial charge is 0.223 e. The minimum absolute atomic E-state index is 0.0398. The molecule has 0 spiro atoms. The normalized spacial score (nSPS) is 22.7. The summed E-state index contributed by atoms with van der Waals surface area (Å²) in [6.45, 7) is 6.47. The molecule has 0 aromatic heterocycles. The fourth-order valence-corrected chi connectivity index (χ4v) is 6.37. The maximum absolute atomic E-state index is 13.8. The van der Waals surface area contributed by atoms with Gasteiger partial charge in [-0.05, 0) is 56.7 Å². The van der Waals surface area contributed by atoms with Crippen molar-refractivity contribution in [2.45, 2.75) is 75.3 Å². The van der Waals surface area contributed by atoms with E-state index in [0.717, 1.165) is 25.5 Å². The molecule has 0 radical (unpaired) electrons. The molecule has 1 amide bonds. The predicted octanol–water partition coefficient (Wildman–Crippen LogP) is 2.48. The predicted molar refractivity (Wildman–Crippen MR) is 160 cm³/mol. The summed E-state index contributed by atoms with van der Waals surface area (Å²) in [5, 5.41) is 2.86. The summed E-state index contributed by atoms with van der Waals surface area (Å²) in [5.41, 5.74) is 0.959. The van der Waals surface area contributed by atoms with E-state index in [0.29, 0.717) is 44.9 Å². The number of hydrogen-bond donors (Lipinski definition) is 1. The van der Waals surface area contributed by atoms with Crippen molar-refractivity contribution in [2.75, 3.05) is 45.7 Å². The van der Waals surface area contributed by atoms with E-state index in [1.807, 2.05) is 4.90 Å². The lowest BCUT2D eigenvalue weighted by Gasteiger charge is -2.26. The number of carbonyl (C=O) groups excluding carboxylic acids is 4. The molecule has 1 aromatic carbocycles. The van der Waals surface area contributed by atoms with E-state index >= 15 is 0 Å². The van der Waals surface area contributed by atoms with E-state index < -0.39 is 39.2 Å². The van der Waals surface area contributed by atoms with Gasteiger partial charge in [0, 0.05) is 44.0 Å². The molecule has 2 aliphatic heterocycles. The van der Waals surface area contributed by atoms with Gasteiger partial charge >= 0.3 is 0 Å². The number of hydrogen-bond acceptors (Lipinski definition) is 9. The van der Waals surface area contributed by atoms with Crippen LogP contribution in [0.1, 0.15) is 57.9 Å². The molecule has 0 saturated carbocycles. The van der Waals surface area contributed by atoms with Crippen LogP contribution < -0.4 is 5.32 Å². The molecule has 1 aromatic rings. The minimum atomic E-state index is -3.40. The maximum atomic E-state index is 13.8. The summed E-state index contributed by atoms with van der Waals surface area (Å²) in [6, 6.07) is 5.26. The highest BCUT2D eigenvalue weighted by Gasteiger charge is 2.50. The highest BCUT2D eigenvalue weighted by molar-refractivity contribution is 7.90. The molecule has 4 atom stereocenters. The molecule has 1 aliphatic carbocycles. The summed E-state index contributed by atoms with van der Waals surface area (Å²) in [6.07, 6.45) is 6.75. The van der Waals surface area contributed by atoms with Crippen LogP contribution in [0.25, 0.3) is 0 Å². The van der Waals surface area contributed by atoms with E-state index in [9.17, 15) is 27.6 Å². The van der Waals surface area contributed by atoms with Gasteiger partial charge in [-0.1, -0.05) is 30.7 Å². The minimum Gasteiger partial charge on any atom is -0.379 e. The van der Waals surface area contributed by atoms with Gasteiger partial charge in [-0.3, -0.25) is 24.1 Å². The van der Waals surface area contributed by atoms with Crippen LogP contribution in [-0.2, 0) is 44.9 Å². The average Bonchev–Trinajstić information content (AvgIpc) is 3.50. The van der Waals surface area contributed by atoms with Gasteiger partial charge in [-0.2, -0.15) is 0 Å². The van der Waals surface area contributed by atoms with Crippen molar-refractivity contribution >= 4 is 33.1 Å². The Balaban J connectivity index is 1.47. The monoisotopic (exact) mass is 616 g/mol. The molecule has 3 aliphatic rings. The van der Waals surface area contributed by atoms with Crippen LogP contribution in [0.2, 0.25) is 0 Å². The van der Waals surface area contributed by atoms with Crippen molar-refractivity contribution in [1.82, 2.24) is 10.2 Å². The van der Waals surface area contributed by atoms with Crippen LogP contribution >= 0.6 is 0 Å². The van der Waals surface area contributed by atoms with E-state index in [1.165, 1.54) is 17.7 Å². The number of epoxide rings is 1. The lowest BCUT2D eigenvalue weighted by molar-refractivity contribution is -0.134. The first kappa shape index (κ1) is 33.2. The van der Waals surface area contributed by atoms with Crippen LogP contribution in [0, 0.1) is 11.8 Å². The van der Waals surface area contributed by atoms with E-state index in [2.05, 4.69) is 11.4 Å². The Morgan fingerprint density at radius 2 is 1.72 bits per heavy atom. The van der Waals surface area contributed by atoms with Gasteiger partial charge in [0.1, 0.15) is 11.4 Å². The number of ketones is 3. The summed E-state index contributed by atoms with van der Waals surface area (Å²) < 4.78 is 34.6. The number of amides is 1. The van der Waals surface area contributed by atoms with Crippen molar-refractivity contribution in [3.8, 4) is 0 Å². The first-order valence-electron chi connectivity index (χ1n) is 15.1. The molecule has 10 nitrogen and oxygen atoms in total. The van der Waals surface area contributed by atoms with Gasteiger partial charge in [0.15, 0.2) is 21.4 Å². The Morgan fingerprint density at radius 1 is 1.05 bits per heavy atom. The molecule has 1 N–H and O–H groups in total. The van der Waals surface area contributed by atoms with Crippen molar-refractivity contribution < 1.29 is 37.1 Å². The lowest BCUT2D eigenvalue weighted by atomic mass is 9.83. The number of ether oxygens (including phenoxy) is 2. The second-order valence-corrected chi connectivity index (χ2v) is 14.4. The average molecular weight is 617 g/mol. The second kappa shape index (κ2) is 14.4. The number of carbonyl (C=O) groups is 4. The molecule has 2 fully saturated rings. The maximum Gasteiger partial charge on any atom is 0.223 e. The molecular weight excluding hydrogens is 572 g/mol. The molecule has 0 bridgehead atoms. The van der Waals surface area contributed by atoms with Gasteiger partial charge in [0.05, 0.1) is 37.3 Å². The van der Waals surface area contributed by atoms with Crippen LogP contribution in [0.5, 0.6) is 0 Å². The number of morpholine rings is 1. The van der Waals surface area contributed by atoms with Crippen molar-refractivity contribution in [3.63, 3.8) is 0 Å². The van der Waals surface area contributed by atoms with Crippen molar-refractivity contribution in [3.05, 3.63) is 41.5 Å². The summed E-state index contributed by atoms with van der Waals surface area (Å²) in [4.78, 5) is 55.4. The van der Waals surface area contributed by atoms with Crippen LogP contribution in [0.3, 0.4) is 0 Å². The van der Waals surface area contributed by atoms with Crippen molar-refractivity contribution in [1.29, 1.82) is 0 Å². The number of nitrogens with one attached hydrogen (secondary N) is 1. The molecule has 4 unspecified atom stereocenters. The highest BCUT2D eigenvalue weighted by Crippen LogP contribution is 2.35. The van der Waals surface area contributed by atoms with Crippen molar-refractivity contribution in [2.24, 2.45) is 11.8 Å². The quantitative estimate of drug-likeness (QED) is 0.219. The third-order valence-corrected chi connectivity index (χ3v) is 9.67. The topological polar surface area (TPSA) is 139 Å². The third kappa shape index (κ3) is 9.63. The molecular formula is C32H44N2O8S. The zero-order chi connectivity index (χ0) is 31.2. The SMILES string of the molecule is CC(CC(=O)CN1CCOCC1)C(=O)NC(Cc1ccc(S(C)(=O)=O)cc1)C(=O)CC(CC1=CCCC1)C(=O)C1(C)CO1. The van der Waals surface area contributed by atoms with Gasteiger partial charge in [0.2, 0.25) is 5.91 Å². The number of allylic oxidation sites excluding steroid dienone is 2. The number of Topliss-reactive ketones (excluding diaryl/α,β-unsaturated/α-hetero) is 3. The summed E-state index contributed by atoms with van der Waals surface area (Å²) >= 11 is 0. The second-order valence-electron chi connectivity index (χ2n) is 12.4. The zero-order valence-corrected chi connectivity index (χ0v) is 26.2. The Morgan fingerprint density at radius 3 is 2.30 bits per heavy atom. The number of rotatable bonds is 16. The first-order valence-corrected chi connectivity index (χ1v) is 17.0. The van der Waals surface area contributed by atoms with Gasteiger partial charge in [-0.15, -0.1) is 0 Å². The zero-order valence-electron chi connectivity index (χ0n) is 25.4. The molecule has 2 saturated heterocycles. The largest absolute Gasteiger partial charge is 0.379 e. The molecule has 2 heterocycles. The number of sulfone groups is 1. The molecule has 11 heteroatoms.